The van der Waals surface area contributed by atoms with Crippen molar-refractivity contribution in [3.63, 3.8) is 0 Å². The monoisotopic (exact) mass is 438 g/mol. The number of para-hydroxylation sites is 1. The molecule has 0 radical (unpaired) electrons. The lowest BCUT2D eigenvalue weighted by Gasteiger charge is -2.23. The van der Waals surface area contributed by atoms with Crippen LogP contribution in [0.1, 0.15) is 36.7 Å². The molecule has 5 nitrogen and oxygen atoms in total. The molecular formula is C19H23BrN2O3S. The average Bonchev–Trinajstić information content (AvgIpc) is 2.54. The number of benzene rings is 2. The fourth-order valence-electron chi connectivity index (χ4n) is 2.48. The van der Waals surface area contributed by atoms with Crippen LogP contribution in [0.4, 0.5) is 5.69 Å². The lowest BCUT2D eigenvalue weighted by molar-refractivity contribution is 0.102. The zero-order valence-electron chi connectivity index (χ0n) is 15.5. The highest BCUT2D eigenvalue weighted by molar-refractivity contribution is 9.10. The van der Waals surface area contributed by atoms with Crippen LogP contribution in [0.5, 0.6) is 0 Å². The molecule has 0 bridgehead atoms. The molecule has 140 valence electrons. The molecule has 26 heavy (non-hydrogen) atoms. The van der Waals surface area contributed by atoms with Crippen LogP contribution >= 0.6 is 15.9 Å². The summed E-state index contributed by atoms with van der Waals surface area (Å²) in [5.74, 6) is -0.357. The number of carbonyl (C=O) groups is 1. The molecule has 1 N–H and O–H groups in total. The summed E-state index contributed by atoms with van der Waals surface area (Å²) < 4.78 is 26.4. The summed E-state index contributed by atoms with van der Waals surface area (Å²) in [4.78, 5) is 12.8. The molecule has 0 aliphatic heterocycles. The minimum absolute atomic E-state index is 0.0549. The first kappa shape index (κ1) is 20.6. The highest BCUT2D eigenvalue weighted by atomic mass is 79.9. The van der Waals surface area contributed by atoms with Gasteiger partial charge in [-0.2, -0.15) is 0 Å². The van der Waals surface area contributed by atoms with Gasteiger partial charge in [0.1, 0.15) is 0 Å². The van der Waals surface area contributed by atoms with Gasteiger partial charge in [0.2, 0.25) is 10.0 Å². The lowest BCUT2D eigenvalue weighted by atomic mass is 9.86. The van der Waals surface area contributed by atoms with E-state index in [2.05, 4.69) is 42.0 Å². The first-order valence-electron chi connectivity index (χ1n) is 8.07. The van der Waals surface area contributed by atoms with Crippen LogP contribution in [0.3, 0.4) is 0 Å². The van der Waals surface area contributed by atoms with Gasteiger partial charge in [0.15, 0.2) is 0 Å². The maximum atomic E-state index is 12.7. The number of hydrogen-bond donors (Lipinski definition) is 1. The first-order chi connectivity index (χ1) is 11.9. The van der Waals surface area contributed by atoms with Crippen molar-refractivity contribution in [1.82, 2.24) is 4.31 Å². The first-order valence-corrected chi connectivity index (χ1v) is 10.3. The largest absolute Gasteiger partial charge is 0.322 e. The van der Waals surface area contributed by atoms with Gasteiger partial charge in [-0.15, -0.1) is 0 Å². The van der Waals surface area contributed by atoms with Gasteiger partial charge in [-0.25, -0.2) is 12.7 Å². The van der Waals surface area contributed by atoms with Crippen molar-refractivity contribution in [2.45, 2.75) is 31.1 Å². The topological polar surface area (TPSA) is 66.5 Å². The number of anilines is 1. The molecule has 0 unspecified atom stereocenters. The van der Waals surface area contributed by atoms with E-state index in [1.807, 2.05) is 24.3 Å². The van der Waals surface area contributed by atoms with E-state index in [4.69, 9.17) is 0 Å². The quantitative estimate of drug-likeness (QED) is 0.775. The van der Waals surface area contributed by atoms with Crippen molar-refractivity contribution in [1.29, 1.82) is 0 Å². The highest BCUT2D eigenvalue weighted by Crippen LogP contribution is 2.30. The Hall–Kier alpha value is -1.70. The summed E-state index contributed by atoms with van der Waals surface area (Å²) in [5, 5.41) is 2.90. The van der Waals surface area contributed by atoms with E-state index in [1.165, 1.54) is 20.2 Å². The van der Waals surface area contributed by atoms with Gasteiger partial charge in [0.25, 0.3) is 5.91 Å². The summed E-state index contributed by atoms with van der Waals surface area (Å²) in [6.07, 6.45) is 0. The number of rotatable bonds is 4. The lowest BCUT2D eigenvalue weighted by Crippen LogP contribution is -2.23. The number of nitrogens with one attached hydrogen (secondary N) is 1. The summed E-state index contributed by atoms with van der Waals surface area (Å²) in [7, 11) is -0.756. The molecule has 0 spiro atoms. The minimum atomic E-state index is -3.66. The van der Waals surface area contributed by atoms with E-state index < -0.39 is 10.0 Å². The molecule has 0 aliphatic rings. The normalized spacial score (nSPS) is 12.3. The molecule has 0 atom stereocenters. The van der Waals surface area contributed by atoms with Crippen LogP contribution in [-0.4, -0.2) is 32.7 Å². The Kier molecular flexibility index (Phi) is 5.95. The molecule has 2 aromatic rings. The molecule has 7 heteroatoms. The molecule has 2 aromatic carbocycles. The van der Waals surface area contributed by atoms with E-state index >= 15 is 0 Å². The summed E-state index contributed by atoms with van der Waals surface area (Å²) in [5.41, 5.74) is 1.86. The Morgan fingerprint density at radius 3 is 2.27 bits per heavy atom. The zero-order valence-corrected chi connectivity index (χ0v) is 17.9. The molecule has 0 heterocycles. The second-order valence-corrected chi connectivity index (χ2v) is 10.2. The summed E-state index contributed by atoms with van der Waals surface area (Å²) >= 11 is 3.25. The van der Waals surface area contributed by atoms with Gasteiger partial charge in [-0.3, -0.25) is 4.79 Å². The number of nitrogens with zero attached hydrogens (tertiary/aromatic N) is 1. The Morgan fingerprint density at radius 1 is 1.08 bits per heavy atom. The van der Waals surface area contributed by atoms with Crippen molar-refractivity contribution in [3.05, 3.63) is 58.1 Å². The van der Waals surface area contributed by atoms with E-state index in [9.17, 15) is 13.2 Å². The molecule has 0 saturated heterocycles. The van der Waals surface area contributed by atoms with Crippen LogP contribution in [0, 0.1) is 0 Å². The van der Waals surface area contributed by atoms with E-state index in [1.54, 1.807) is 12.1 Å². The fourth-order valence-corrected chi connectivity index (χ4v) is 4.32. The SMILES string of the molecule is CN(C)S(=O)(=O)c1cc(C(=O)Nc2ccccc2C(C)(C)C)ccc1Br. The fraction of sp³-hybridized carbons (Fsp3) is 0.316. The van der Waals surface area contributed by atoms with Crippen molar-refractivity contribution < 1.29 is 13.2 Å². The zero-order chi connectivity index (χ0) is 19.7. The maximum absolute atomic E-state index is 12.7. The maximum Gasteiger partial charge on any atom is 0.255 e. The Balaban J connectivity index is 2.42. The number of sulfonamides is 1. The van der Waals surface area contributed by atoms with Gasteiger partial charge in [-0.05, 0) is 51.2 Å². The smallest absolute Gasteiger partial charge is 0.255 e. The molecule has 2 rings (SSSR count). The van der Waals surface area contributed by atoms with Crippen molar-refractivity contribution in [2.75, 3.05) is 19.4 Å². The van der Waals surface area contributed by atoms with Crippen LogP contribution in [0.15, 0.2) is 51.8 Å². The number of amides is 1. The number of carbonyl (C=O) groups excluding carboxylic acids is 1. The third kappa shape index (κ3) is 4.34. The molecule has 1 amide bonds. The van der Waals surface area contributed by atoms with Crippen LogP contribution in [0.2, 0.25) is 0 Å². The van der Waals surface area contributed by atoms with Crippen LogP contribution < -0.4 is 5.32 Å². The molecule has 0 aliphatic carbocycles. The van der Waals surface area contributed by atoms with Crippen LogP contribution in [-0.2, 0) is 15.4 Å². The van der Waals surface area contributed by atoms with Crippen molar-refractivity contribution >= 4 is 37.5 Å². The Labute approximate surface area is 163 Å². The van der Waals surface area contributed by atoms with Gasteiger partial charge in [0.05, 0.1) is 4.90 Å². The van der Waals surface area contributed by atoms with E-state index in [0.717, 1.165) is 9.87 Å². The predicted molar refractivity (Wildman–Crippen MR) is 108 cm³/mol. The molecular weight excluding hydrogens is 416 g/mol. The van der Waals surface area contributed by atoms with E-state index in [-0.39, 0.29) is 21.8 Å². The number of hydrogen-bond acceptors (Lipinski definition) is 3. The van der Waals surface area contributed by atoms with Gasteiger partial charge < -0.3 is 5.32 Å². The van der Waals surface area contributed by atoms with Crippen molar-refractivity contribution in [3.8, 4) is 0 Å². The second-order valence-electron chi connectivity index (χ2n) is 7.18. The Morgan fingerprint density at radius 2 is 1.69 bits per heavy atom. The molecule has 0 saturated carbocycles. The standard InChI is InChI=1S/C19H23BrN2O3S/c1-19(2,3)14-8-6-7-9-16(14)21-18(23)13-10-11-15(20)17(12-13)26(24,25)22(4)5/h6-12H,1-5H3,(H,21,23). The van der Waals surface area contributed by atoms with Crippen LogP contribution in [0.25, 0.3) is 0 Å². The average molecular weight is 439 g/mol. The minimum Gasteiger partial charge on any atom is -0.322 e. The van der Waals surface area contributed by atoms with Gasteiger partial charge in [0, 0.05) is 29.8 Å². The van der Waals surface area contributed by atoms with E-state index in [0.29, 0.717) is 10.2 Å². The Bertz CT molecular complexity index is 932. The highest BCUT2D eigenvalue weighted by Gasteiger charge is 2.23. The second kappa shape index (κ2) is 7.50. The third-order valence-corrected chi connectivity index (χ3v) is 6.74. The van der Waals surface area contributed by atoms with Crippen molar-refractivity contribution in [2.24, 2.45) is 0 Å². The molecule has 0 aromatic heterocycles. The summed E-state index contributed by atoms with van der Waals surface area (Å²) in [6.45, 7) is 6.21. The predicted octanol–water partition coefficient (Wildman–Crippen LogP) is 4.25. The van der Waals surface area contributed by atoms with Gasteiger partial charge >= 0.3 is 0 Å². The number of halogens is 1. The summed E-state index contributed by atoms with van der Waals surface area (Å²) in [6, 6.07) is 12.1. The third-order valence-electron chi connectivity index (χ3n) is 3.94. The van der Waals surface area contributed by atoms with Gasteiger partial charge in [-0.1, -0.05) is 39.0 Å². The molecule has 0 fully saturated rings.